The van der Waals surface area contributed by atoms with E-state index in [-0.39, 0.29) is 11.7 Å². The van der Waals surface area contributed by atoms with E-state index in [4.69, 9.17) is 4.42 Å². The summed E-state index contributed by atoms with van der Waals surface area (Å²) in [6, 6.07) is 9.09. The highest BCUT2D eigenvalue weighted by atomic mass is 16.4. The van der Waals surface area contributed by atoms with Crippen LogP contribution in [0.4, 0.5) is 5.82 Å². The van der Waals surface area contributed by atoms with Gasteiger partial charge in [0.05, 0.1) is 12.2 Å². The molecule has 0 saturated carbocycles. The van der Waals surface area contributed by atoms with Crippen LogP contribution in [0.2, 0.25) is 0 Å². The van der Waals surface area contributed by atoms with Gasteiger partial charge in [0.1, 0.15) is 11.6 Å². The SMILES string of the molecule is Cc1ccc(NC(=O)c2ccc(Cn3nc(C)cc3C)o2)nc1. The molecule has 0 unspecified atom stereocenters. The van der Waals surface area contributed by atoms with Gasteiger partial charge in [0.2, 0.25) is 0 Å². The molecule has 0 fully saturated rings. The number of aromatic nitrogens is 3. The van der Waals surface area contributed by atoms with E-state index in [0.29, 0.717) is 18.1 Å². The van der Waals surface area contributed by atoms with Crippen LogP contribution >= 0.6 is 0 Å². The van der Waals surface area contributed by atoms with Crippen LogP contribution in [-0.4, -0.2) is 20.7 Å². The lowest BCUT2D eigenvalue weighted by Gasteiger charge is -2.03. The number of carbonyl (C=O) groups excluding carboxylic acids is 1. The standard InChI is InChI=1S/C17H18N4O2/c1-11-4-7-16(18-9-11)19-17(22)15-6-5-14(23-15)10-21-13(3)8-12(2)20-21/h4-9H,10H2,1-3H3,(H,18,19,22). The van der Waals surface area contributed by atoms with Gasteiger partial charge in [-0.1, -0.05) is 6.07 Å². The monoisotopic (exact) mass is 310 g/mol. The number of carbonyl (C=O) groups is 1. The molecule has 0 radical (unpaired) electrons. The maximum absolute atomic E-state index is 12.2. The third-order valence-electron chi connectivity index (χ3n) is 3.45. The Hall–Kier alpha value is -2.89. The first-order chi connectivity index (χ1) is 11.0. The largest absolute Gasteiger partial charge is 0.454 e. The summed E-state index contributed by atoms with van der Waals surface area (Å²) < 4.78 is 7.45. The Morgan fingerprint density at radius 3 is 2.70 bits per heavy atom. The molecule has 0 saturated heterocycles. The topological polar surface area (TPSA) is 73.0 Å². The number of rotatable bonds is 4. The summed E-state index contributed by atoms with van der Waals surface area (Å²) in [5, 5.41) is 7.09. The van der Waals surface area contributed by atoms with Gasteiger partial charge < -0.3 is 9.73 Å². The minimum Gasteiger partial charge on any atom is -0.454 e. The molecular formula is C17H18N4O2. The van der Waals surface area contributed by atoms with Gasteiger partial charge >= 0.3 is 0 Å². The lowest BCUT2D eigenvalue weighted by Crippen LogP contribution is -2.12. The van der Waals surface area contributed by atoms with Crippen LogP contribution < -0.4 is 5.32 Å². The number of nitrogens with zero attached hydrogens (tertiary/aromatic N) is 3. The van der Waals surface area contributed by atoms with E-state index < -0.39 is 0 Å². The molecule has 0 aliphatic heterocycles. The van der Waals surface area contributed by atoms with Gasteiger partial charge in [-0.3, -0.25) is 9.48 Å². The molecule has 3 heterocycles. The quantitative estimate of drug-likeness (QED) is 0.803. The summed E-state index contributed by atoms with van der Waals surface area (Å²) >= 11 is 0. The minimum absolute atomic E-state index is 0.254. The second-order valence-electron chi connectivity index (χ2n) is 5.53. The molecule has 3 rings (SSSR count). The van der Waals surface area contributed by atoms with Crippen molar-refractivity contribution >= 4 is 11.7 Å². The normalized spacial score (nSPS) is 10.7. The fraction of sp³-hybridized carbons (Fsp3) is 0.235. The molecule has 1 amide bonds. The van der Waals surface area contributed by atoms with Crippen molar-refractivity contribution < 1.29 is 9.21 Å². The molecule has 3 aromatic rings. The first-order valence-electron chi connectivity index (χ1n) is 7.35. The van der Waals surface area contributed by atoms with Gasteiger partial charge in [-0.15, -0.1) is 0 Å². The molecule has 1 N–H and O–H groups in total. The molecule has 6 nitrogen and oxygen atoms in total. The van der Waals surface area contributed by atoms with Crippen LogP contribution in [0.1, 0.15) is 33.3 Å². The molecule has 0 aromatic carbocycles. The molecule has 0 aliphatic rings. The highest BCUT2D eigenvalue weighted by Crippen LogP contribution is 2.13. The Morgan fingerprint density at radius 2 is 2.04 bits per heavy atom. The fourth-order valence-corrected chi connectivity index (χ4v) is 2.29. The third-order valence-corrected chi connectivity index (χ3v) is 3.45. The molecule has 118 valence electrons. The predicted molar refractivity (Wildman–Crippen MR) is 86.4 cm³/mol. The Labute approximate surface area is 134 Å². The van der Waals surface area contributed by atoms with E-state index in [1.54, 1.807) is 24.4 Å². The molecule has 3 aromatic heterocycles. The molecule has 0 spiro atoms. The number of furan rings is 1. The van der Waals surface area contributed by atoms with Gasteiger partial charge in [-0.2, -0.15) is 5.10 Å². The van der Waals surface area contributed by atoms with Gasteiger partial charge in [-0.05, 0) is 50.6 Å². The molecule has 6 heteroatoms. The second-order valence-corrected chi connectivity index (χ2v) is 5.53. The van der Waals surface area contributed by atoms with Gasteiger partial charge in [0.15, 0.2) is 5.76 Å². The summed E-state index contributed by atoms with van der Waals surface area (Å²) in [6.45, 7) is 6.37. The van der Waals surface area contributed by atoms with Crippen molar-refractivity contribution in [2.75, 3.05) is 5.32 Å². The molecule has 0 bridgehead atoms. The minimum atomic E-state index is -0.319. The van der Waals surface area contributed by atoms with E-state index in [2.05, 4.69) is 15.4 Å². The van der Waals surface area contributed by atoms with Gasteiger partial charge in [-0.25, -0.2) is 4.98 Å². The number of nitrogens with one attached hydrogen (secondary N) is 1. The molecular weight excluding hydrogens is 292 g/mol. The lowest BCUT2D eigenvalue weighted by molar-refractivity contribution is 0.0994. The smallest absolute Gasteiger partial charge is 0.292 e. The van der Waals surface area contributed by atoms with Crippen molar-refractivity contribution in [3.8, 4) is 0 Å². The predicted octanol–water partition coefficient (Wildman–Crippen LogP) is 3.10. The van der Waals surface area contributed by atoms with Crippen LogP contribution in [-0.2, 0) is 6.54 Å². The zero-order valence-electron chi connectivity index (χ0n) is 13.3. The Kier molecular flexibility index (Phi) is 3.97. The van der Waals surface area contributed by atoms with Crippen molar-refractivity contribution in [1.29, 1.82) is 0 Å². The number of amides is 1. The Morgan fingerprint density at radius 1 is 1.22 bits per heavy atom. The molecule has 0 aliphatic carbocycles. The van der Waals surface area contributed by atoms with Crippen molar-refractivity contribution in [3.05, 3.63) is 65.0 Å². The Bertz CT molecular complexity index is 831. The van der Waals surface area contributed by atoms with E-state index in [1.807, 2.05) is 37.6 Å². The summed E-state index contributed by atoms with van der Waals surface area (Å²) in [7, 11) is 0. The highest BCUT2D eigenvalue weighted by Gasteiger charge is 2.13. The van der Waals surface area contributed by atoms with E-state index in [9.17, 15) is 4.79 Å². The first-order valence-corrected chi connectivity index (χ1v) is 7.35. The number of pyridine rings is 1. The third kappa shape index (κ3) is 3.48. The van der Waals surface area contributed by atoms with Crippen molar-refractivity contribution in [3.63, 3.8) is 0 Å². The second kappa shape index (κ2) is 6.08. The fourth-order valence-electron chi connectivity index (χ4n) is 2.29. The van der Waals surface area contributed by atoms with Crippen molar-refractivity contribution in [2.24, 2.45) is 0 Å². The zero-order valence-corrected chi connectivity index (χ0v) is 13.3. The molecule has 23 heavy (non-hydrogen) atoms. The highest BCUT2D eigenvalue weighted by molar-refractivity contribution is 6.01. The maximum Gasteiger partial charge on any atom is 0.292 e. The van der Waals surface area contributed by atoms with E-state index >= 15 is 0 Å². The number of hydrogen-bond donors (Lipinski definition) is 1. The first kappa shape index (κ1) is 15.0. The Balaban J connectivity index is 1.69. The summed E-state index contributed by atoms with van der Waals surface area (Å²) in [5.41, 5.74) is 3.04. The average molecular weight is 310 g/mol. The number of hydrogen-bond acceptors (Lipinski definition) is 4. The van der Waals surface area contributed by atoms with Crippen LogP contribution in [0, 0.1) is 20.8 Å². The average Bonchev–Trinajstić information content (AvgIpc) is 3.09. The van der Waals surface area contributed by atoms with Gasteiger partial charge in [0.25, 0.3) is 5.91 Å². The van der Waals surface area contributed by atoms with Crippen LogP contribution in [0.5, 0.6) is 0 Å². The van der Waals surface area contributed by atoms with Crippen LogP contribution in [0.15, 0.2) is 40.9 Å². The van der Waals surface area contributed by atoms with Crippen molar-refractivity contribution in [2.45, 2.75) is 27.3 Å². The van der Waals surface area contributed by atoms with Crippen molar-refractivity contribution in [1.82, 2.24) is 14.8 Å². The number of anilines is 1. The number of aryl methyl sites for hydroxylation is 3. The zero-order chi connectivity index (χ0) is 16.4. The summed E-state index contributed by atoms with van der Waals surface area (Å²) in [6.07, 6.45) is 1.70. The van der Waals surface area contributed by atoms with Crippen LogP contribution in [0.3, 0.4) is 0 Å². The molecule has 0 atom stereocenters. The summed E-state index contributed by atoms with van der Waals surface area (Å²) in [4.78, 5) is 16.3. The maximum atomic E-state index is 12.2. The van der Waals surface area contributed by atoms with E-state index in [0.717, 1.165) is 17.0 Å². The van der Waals surface area contributed by atoms with E-state index in [1.165, 1.54) is 0 Å². The summed E-state index contributed by atoms with van der Waals surface area (Å²) in [5.74, 6) is 1.11. The lowest BCUT2D eigenvalue weighted by atomic mass is 10.3. The van der Waals surface area contributed by atoms with Crippen LogP contribution in [0.25, 0.3) is 0 Å². The van der Waals surface area contributed by atoms with Gasteiger partial charge in [0, 0.05) is 11.9 Å².